The van der Waals surface area contributed by atoms with Crippen molar-refractivity contribution >= 4 is 5.91 Å². The highest BCUT2D eigenvalue weighted by Crippen LogP contribution is 2.34. The highest BCUT2D eigenvalue weighted by molar-refractivity contribution is 5.75. The molecular weight excluding hydrogens is 236 g/mol. The average Bonchev–Trinajstić information content (AvgIpc) is 3.20. The van der Waals surface area contributed by atoms with Crippen molar-refractivity contribution in [2.75, 3.05) is 0 Å². The lowest BCUT2D eigenvalue weighted by Crippen LogP contribution is -2.20. The molecule has 102 valence electrons. The maximum absolute atomic E-state index is 11.1. The smallest absolute Gasteiger partial charge is 0.218 e. The summed E-state index contributed by atoms with van der Waals surface area (Å²) in [6, 6.07) is 7.48. The molecule has 3 nitrogen and oxygen atoms in total. The molecule has 19 heavy (non-hydrogen) atoms. The zero-order chi connectivity index (χ0) is 13.2. The molecule has 1 fully saturated rings. The fourth-order valence-electron chi connectivity index (χ4n) is 3.08. The molecule has 3 N–H and O–H groups in total. The molecule has 3 rings (SSSR count). The monoisotopic (exact) mass is 258 g/mol. The van der Waals surface area contributed by atoms with Gasteiger partial charge in [0.2, 0.25) is 5.91 Å². The van der Waals surface area contributed by atoms with E-state index in [1.54, 1.807) is 0 Å². The number of benzene rings is 1. The Kier molecular flexibility index (Phi) is 3.56. The first-order valence-corrected chi connectivity index (χ1v) is 7.36. The lowest BCUT2D eigenvalue weighted by atomic mass is 9.80. The van der Waals surface area contributed by atoms with Gasteiger partial charge in [-0.2, -0.15) is 0 Å². The van der Waals surface area contributed by atoms with Crippen LogP contribution in [0.2, 0.25) is 0 Å². The number of aryl methyl sites for hydroxylation is 1. The van der Waals surface area contributed by atoms with Crippen molar-refractivity contribution in [2.45, 2.75) is 57.0 Å². The first kappa shape index (κ1) is 12.7. The van der Waals surface area contributed by atoms with Gasteiger partial charge in [-0.3, -0.25) is 4.79 Å². The fourth-order valence-corrected chi connectivity index (χ4v) is 3.08. The van der Waals surface area contributed by atoms with E-state index in [4.69, 9.17) is 5.73 Å². The molecule has 1 saturated carbocycles. The zero-order valence-corrected chi connectivity index (χ0v) is 11.3. The molecule has 2 aliphatic carbocycles. The van der Waals surface area contributed by atoms with E-state index in [9.17, 15) is 4.79 Å². The Hall–Kier alpha value is -1.35. The average molecular weight is 258 g/mol. The van der Waals surface area contributed by atoms with Crippen molar-refractivity contribution in [3.63, 3.8) is 0 Å². The lowest BCUT2D eigenvalue weighted by Gasteiger charge is -2.25. The van der Waals surface area contributed by atoms with Gasteiger partial charge < -0.3 is 11.1 Å². The molecule has 0 spiro atoms. The Morgan fingerprint density at radius 3 is 2.89 bits per heavy atom. The summed E-state index contributed by atoms with van der Waals surface area (Å²) < 4.78 is 0. The van der Waals surface area contributed by atoms with E-state index in [-0.39, 0.29) is 5.91 Å². The fraction of sp³-hybridized carbons (Fsp3) is 0.562. The molecule has 1 amide bonds. The zero-order valence-electron chi connectivity index (χ0n) is 11.3. The minimum Gasteiger partial charge on any atom is -0.370 e. The van der Waals surface area contributed by atoms with E-state index in [0.29, 0.717) is 12.3 Å². The predicted octanol–water partition coefficient (Wildman–Crippen LogP) is 2.23. The third-order valence-electron chi connectivity index (χ3n) is 4.27. The summed E-state index contributed by atoms with van der Waals surface area (Å²) in [5, 5.41) is 3.55. The van der Waals surface area contributed by atoms with Crippen LogP contribution in [-0.4, -0.2) is 11.9 Å². The lowest BCUT2D eigenvalue weighted by molar-refractivity contribution is -0.118. The molecule has 0 bridgehead atoms. The number of hydrogen-bond donors (Lipinski definition) is 2. The molecule has 0 unspecified atom stereocenters. The van der Waals surface area contributed by atoms with Crippen LogP contribution in [0, 0.1) is 0 Å². The summed E-state index contributed by atoms with van der Waals surface area (Å²) in [5.74, 6) is 0.156. The van der Waals surface area contributed by atoms with Crippen molar-refractivity contribution in [1.82, 2.24) is 5.32 Å². The minimum atomic E-state index is -0.183. The molecule has 1 atom stereocenters. The maximum atomic E-state index is 11.1. The highest BCUT2D eigenvalue weighted by Gasteiger charge is 2.23. The van der Waals surface area contributed by atoms with Crippen LogP contribution < -0.4 is 11.1 Å². The quantitative estimate of drug-likeness (QED) is 0.851. The van der Waals surface area contributed by atoms with Crippen LogP contribution >= 0.6 is 0 Å². The van der Waals surface area contributed by atoms with E-state index in [2.05, 4.69) is 23.5 Å². The molecule has 0 radical (unpaired) electrons. The maximum Gasteiger partial charge on any atom is 0.218 e. The second-order valence-electron chi connectivity index (χ2n) is 5.95. The van der Waals surface area contributed by atoms with E-state index in [1.807, 2.05) is 0 Å². The SMILES string of the molecule is NC(=O)C[C@H]1CCCc2cc(CNC3CC3)ccc21. The first-order chi connectivity index (χ1) is 9.22. The summed E-state index contributed by atoms with van der Waals surface area (Å²) in [7, 11) is 0. The topological polar surface area (TPSA) is 55.1 Å². The Bertz CT molecular complexity index is 480. The van der Waals surface area contributed by atoms with Crippen LogP contribution in [0.5, 0.6) is 0 Å². The van der Waals surface area contributed by atoms with Gasteiger partial charge >= 0.3 is 0 Å². The Labute approximate surface area is 114 Å². The van der Waals surface area contributed by atoms with Crippen molar-refractivity contribution in [3.8, 4) is 0 Å². The molecule has 0 aliphatic heterocycles. The van der Waals surface area contributed by atoms with Crippen molar-refractivity contribution in [3.05, 3.63) is 34.9 Å². The third-order valence-corrected chi connectivity index (χ3v) is 4.27. The first-order valence-electron chi connectivity index (χ1n) is 7.36. The summed E-state index contributed by atoms with van der Waals surface area (Å²) in [4.78, 5) is 11.1. The Balaban J connectivity index is 1.73. The predicted molar refractivity (Wildman–Crippen MR) is 75.8 cm³/mol. The second kappa shape index (κ2) is 5.33. The minimum absolute atomic E-state index is 0.183. The van der Waals surface area contributed by atoms with E-state index in [0.717, 1.165) is 25.4 Å². The number of hydrogen-bond acceptors (Lipinski definition) is 2. The van der Waals surface area contributed by atoms with Gasteiger partial charge in [-0.1, -0.05) is 18.2 Å². The van der Waals surface area contributed by atoms with Crippen molar-refractivity contribution in [1.29, 1.82) is 0 Å². The standard InChI is InChI=1S/C16H22N2O/c17-16(19)9-13-3-1-2-12-8-11(4-7-15(12)13)10-18-14-5-6-14/h4,7-8,13-14,18H,1-3,5-6,9-10H2,(H2,17,19)/t13-/m1/s1. The van der Waals surface area contributed by atoms with Gasteiger partial charge in [0.25, 0.3) is 0 Å². The normalized spacial score (nSPS) is 22.0. The van der Waals surface area contributed by atoms with Crippen molar-refractivity contribution in [2.24, 2.45) is 5.73 Å². The van der Waals surface area contributed by atoms with Crippen LogP contribution in [0.25, 0.3) is 0 Å². The van der Waals surface area contributed by atoms with Crippen molar-refractivity contribution < 1.29 is 4.79 Å². The number of primary amides is 1. The molecule has 0 aromatic heterocycles. The summed E-state index contributed by atoms with van der Waals surface area (Å²) in [5.41, 5.74) is 9.49. The van der Waals surface area contributed by atoms with Crippen LogP contribution in [0.15, 0.2) is 18.2 Å². The molecule has 0 saturated heterocycles. The molecule has 1 aromatic rings. The number of carbonyl (C=O) groups excluding carboxylic acids is 1. The van der Waals surface area contributed by atoms with Gasteiger partial charge in [0, 0.05) is 19.0 Å². The molecule has 3 heteroatoms. The number of rotatable bonds is 5. The van der Waals surface area contributed by atoms with Gasteiger partial charge in [-0.25, -0.2) is 0 Å². The van der Waals surface area contributed by atoms with Crippen LogP contribution in [0.3, 0.4) is 0 Å². The number of nitrogens with two attached hydrogens (primary N) is 1. The Morgan fingerprint density at radius 1 is 1.32 bits per heavy atom. The molecular formula is C16H22N2O. The largest absolute Gasteiger partial charge is 0.370 e. The Morgan fingerprint density at radius 2 is 2.16 bits per heavy atom. The molecule has 0 heterocycles. The number of nitrogens with one attached hydrogen (secondary N) is 1. The summed E-state index contributed by atoms with van der Waals surface area (Å²) in [6.07, 6.45) is 6.55. The number of fused-ring (bicyclic) bond motifs is 1. The van der Waals surface area contributed by atoms with E-state index < -0.39 is 0 Å². The van der Waals surface area contributed by atoms with Crippen LogP contribution in [0.1, 0.15) is 54.7 Å². The second-order valence-corrected chi connectivity index (χ2v) is 5.95. The van der Waals surface area contributed by atoms with E-state index >= 15 is 0 Å². The summed E-state index contributed by atoms with van der Waals surface area (Å²) >= 11 is 0. The molecule has 1 aromatic carbocycles. The number of carbonyl (C=O) groups is 1. The highest BCUT2D eigenvalue weighted by atomic mass is 16.1. The van der Waals surface area contributed by atoms with Gasteiger partial charge in [-0.05, 0) is 54.7 Å². The van der Waals surface area contributed by atoms with Gasteiger partial charge in [-0.15, -0.1) is 0 Å². The van der Waals surface area contributed by atoms with Gasteiger partial charge in [0.15, 0.2) is 0 Å². The van der Waals surface area contributed by atoms with Gasteiger partial charge in [0.1, 0.15) is 0 Å². The van der Waals surface area contributed by atoms with E-state index in [1.165, 1.54) is 36.0 Å². The third kappa shape index (κ3) is 3.16. The van der Waals surface area contributed by atoms with Crippen LogP contribution in [0.4, 0.5) is 0 Å². The summed E-state index contributed by atoms with van der Waals surface area (Å²) in [6.45, 7) is 0.971. The van der Waals surface area contributed by atoms with Gasteiger partial charge in [0.05, 0.1) is 0 Å². The number of amides is 1. The van der Waals surface area contributed by atoms with Crippen LogP contribution in [-0.2, 0) is 17.8 Å². The molecule has 2 aliphatic rings.